The SMILES string of the molecule is CCN1CCCC(CN)(N2CCN(C(C)(C)C)CC2)CC1. The van der Waals surface area contributed by atoms with Crippen molar-refractivity contribution < 1.29 is 0 Å². The van der Waals surface area contributed by atoms with E-state index in [1.54, 1.807) is 0 Å². The van der Waals surface area contributed by atoms with Crippen LogP contribution in [0.5, 0.6) is 0 Å². The first-order valence-corrected chi connectivity index (χ1v) is 8.84. The van der Waals surface area contributed by atoms with Crippen molar-refractivity contribution in [3.05, 3.63) is 0 Å². The van der Waals surface area contributed by atoms with Crippen LogP contribution in [0.15, 0.2) is 0 Å². The quantitative estimate of drug-likeness (QED) is 0.858. The van der Waals surface area contributed by atoms with Gasteiger partial charge in [0.1, 0.15) is 0 Å². The Balaban J connectivity index is 1.98. The maximum atomic E-state index is 6.27. The molecular weight excluding hydrogens is 260 g/mol. The van der Waals surface area contributed by atoms with Crippen LogP contribution in [0.3, 0.4) is 0 Å². The fourth-order valence-electron chi connectivity index (χ4n) is 4.05. The molecule has 0 saturated carbocycles. The van der Waals surface area contributed by atoms with Crippen molar-refractivity contribution in [1.82, 2.24) is 14.7 Å². The van der Waals surface area contributed by atoms with Gasteiger partial charge in [-0.25, -0.2) is 0 Å². The second-order valence-electron chi connectivity index (χ2n) is 7.86. The van der Waals surface area contributed by atoms with Crippen LogP contribution in [-0.4, -0.2) is 78.1 Å². The van der Waals surface area contributed by atoms with Crippen molar-refractivity contribution in [3.63, 3.8) is 0 Å². The molecule has 0 aromatic carbocycles. The van der Waals surface area contributed by atoms with Gasteiger partial charge >= 0.3 is 0 Å². The summed E-state index contributed by atoms with van der Waals surface area (Å²) in [6.07, 6.45) is 3.81. The van der Waals surface area contributed by atoms with Crippen LogP contribution in [0.2, 0.25) is 0 Å². The molecule has 1 unspecified atom stereocenters. The predicted molar refractivity (Wildman–Crippen MR) is 90.6 cm³/mol. The van der Waals surface area contributed by atoms with E-state index in [9.17, 15) is 0 Å². The van der Waals surface area contributed by atoms with Crippen LogP contribution in [0.25, 0.3) is 0 Å². The van der Waals surface area contributed by atoms with Crippen LogP contribution in [0.1, 0.15) is 47.0 Å². The minimum absolute atomic E-state index is 0.258. The smallest absolute Gasteiger partial charge is 0.0345 e. The average Bonchev–Trinajstić information content (AvgIpc) is 2.69. The zero-order chi connectivity index (χ0) is 15.5. The Morgan fingerprint density at radius 2 is 1.62 bits per heavy atom. The van der Waals surface area contributed by atoms with Crippen LogP contribution in [0.4, 0.5) is 0 Å². The fourth-order valence-corrected chi connectivity index (χ4v) is 4.05. The summed E-state index contributed by atoms with van der Waals surface area (Å²) < 4.78 is 0. The molecule has 4 nitrogen and oxygen atoms in total. The summed E-state index contributed by atoms with van der Waals surface area (Å²) in [6, 6.07) is 0. The highest BCUT2D eigenvalue weighted by molar-refractivity contribution is 4.97. The average molecular weight is 297 g/mol. The predicted octanol–water partition coefficient (Wildman–Crippen LogP) is 1.61. The Kier molecular flexibility index (Phi) is 5.69. The number of rotatable bonds is 3. The molecule has 2 aliphatic heterocycles. The standard InChI is InChI=1S/C17H36N4/c1-5-19-9-6-7-17(15-18,8-10-19)21-13-11-20(12-14-21)16(2,3)4/h5-15,18H2,1-4H3. The van der Waals surface area contributed by atoms with E-state index in [-0.39, 0.29) is 5.54 Å². The van der Waals surface area contributed by atoms with Gasteiger partial charge in [0.05, 0.1) is 0 Å². The molecule has 2 N–H and O–H groups in total. The van der Waals surface area contributed by atoms with Crippen molar-refractivity contribution in [2.45, 2.75) is 58.0 Å². The number of piperazine rings is 1. The fraction of sp³-hybridized carbons (Fsp3) is 1.00. The lowest BCUT2D eigenvalue weighted by molar-refractivity contribution is -0.00240. The zero-order valence-corrected chi connectivity index (χ0v) is 14.7. The van der Waals surface area contributed by atoms with Crippen molar-refractivity contribution >= 4 is 0 Å². The third kappa shape index (κ3) is 3.98. The van der Waals surface area contributed by atoms with Gasteiger partial charge in [-0.15, -0.1) is 0 Å². The minimum Gasteiger partial charge on any atom is -0.329 e. The summed E-state index contributed by atoms with van der Waals surface area (Å²) in [5, 5.41) is 0. The molecule has 0 aromatic heterocycles. The number of nitrogens with zero attached hydrogens (tertiary/aromatic N) is 3. The first kappa shape index (κ1) is 17.2. The Bertz CT molecular complexity index is 317. The molecule has 0 amide bonds. The molecule has 2 aliphatic rings. The van der Waals surface area contributed by atoms with Gasteiger partial charge in [0.25, 0.3) is 0 Å². The summed E-state index contributed by atoms with van der Waals surface area (Å²) in [6.45, 7) is 18.4. The molecule has 2 fully saturated rings. The minimum atomic E-state index is 0.258. The van der Waals surface area contributed by atoms with E-state index in [1.807, 2.05) is 0 Å². The zero-order valence-electron chi connectivity index (χ0n) is 14.7. The molecule has 2 heterocycles. The molecule has 2 saturated heterocycles. The van der Waals surface area contributed by atoms with Crippen molar-refractivity contribution in [3.8, 4) is 0 Å². The molecule has 21 heavy (non-hydrogen) atoms. The highest BCUT2D eigenvalue weighted by atomic mass is 15.3. The molecule has 0 radical (unpaired) electrons. The highest BCUT2D eigenvalue weighted by Gasteiger charge is 2.39. The Morgan fingerprint density at radius 1 is 0.952 bits per heavy atom. The first-order chi connectivity index (χ1) is 9.91. The molecule has 0 aliphatic carbocycles. The topological polar surface area (TPSA) is 35.7 Å². The summed E-state index contributed by atoms with van der Waals surface area (Å²) >= 11 is 0. The monoisotopic (exact) mass is 296 g/mol. The van der Waals surface area contributed by atoms with Gasteiger partial charge in [-0.3, -0.25) is 9.80 Å². The number of likely N-dealkylation sites (tertiary alicyclic amines) is 1. The van der Waals surface area contributed by atoms with Crippen molar-refractivity contribution in [2.75, 3.05) is 52.4 Å². The van der Waals surface area contributed by atoms with Gasteiger partial charge in [0.2, 0.25) is 0 Å². The van der Waals surface area contributed by atoms with Gasteiger partial charge in [0, 0.05) is 43.8 Å². The summed E-state index contributed by atoms with van der Waals surface area (Å²) in [4.78, 5) is 7.92. The van der Waals surface area contributed by atoms with Gasteiger partial charge in [-0.05, 0) is 59.7 Å². The largest absolute Gasteiger partial charge is 0.329 e. The van der Waals surface area contributed by atoms with Crippen LogP contribution >= 0.6 is 0 Å². The third-order valence-corrected chi connectivity index (χ3v) is 5.74. The van der Waals surface area contributed by atoms with Crippen LogP contribution < -0.4 is 5.73 Å². The van der Waals surface area contributed by atoms with Gasteiger partial charge in [0.15, 0.2) is 0 Å². The van der Waals surface area contributed by atoms with Gasteiger partial charge < -0.3 is 10.6 Å². The maximum Gasteiger partial charge on any atom is 0.0345 e. The molecule has 124 valence electrons. The van der Waals surface area contributed by atoms with E-state index < -0.39 is 0 Å². The van der Waals surface area contributed by atoms with Gasteiger partial charge in [-0.1, -0.05) is 6.92 Å². The van der Waals surface area contributed by atoms with Crippen molar-refractivity contribution in [1.29, 1.82) is 0 Å². The lowest BCUT2D eigenvalue weighted by Crippen LogP contribution is -2.62. The summed E-state index contributed by atoms with van der Waals surface area (Å²) in [5.41, 5.74) is 6.83. The number of hydrogen-bond acceptors (Lipinski definition) is 4. The van der Waals surface area contributed by atoms with Crippen LogP contribution in [-0.2, 0) is 0 Å². The van der Waals surface area contributed by atoms with Gasteiger partial charge in [-0.2, -0.15) is 0 Å². The Hall–Kier alpha value is -0.160. The molecule has 0 aromatic rings. The lowest BCUT2D eigenvalue weighted by Gasteiger charge is -2.50. The van der Waals surface area contributed by atoms with E-state index in [0.717, 1.165) is 6.54 Å². The third-order valence-electron chi connectivity index (χ3n) is 5.74. The normalized spacial score (nSPS) is 31.3. The van der Waals surface area contributed by atoms with E-state index >= 15 is 0 Å². The highest BCUT2D eigenvalue weighted by Crippen LogP contribution is 2.30. The van der Waals surface area contributed by atoms with E-state index in [1.165, 1.54) is 65.1 Å². The molecule has 1 atom stereocenters. The van der Waals surface area contributed by atoms with E-state index in [0.29, 0.717) is 5.54 Å². The second kappa shape index (κ2) is 6.95. The Labute approximate surface area is 131 Å². The number of hydrogen-bond donors (Lipinski definition) is 1. The molecule has 0 spiro atoms. The van der Waals surface area contributed by atoms with E-state index in [4.69, 9.17) is 5.73 Å². The molecule has 2 rings (SSSR count). The number of nitrogens with two attached hydrogens (primary N) is 1. The Morgan fingerprint density at radius 3 is 2.14 bits per heavy atom. The maximum absolute atomic E-state index is 6.27. The summed E-state index contributed by atoms with van der Waals surface area (Å²) in [7, 11) is 0. The molecule has 0 bridgehead atoms. The second-order valence-corrected chi connectivity index (χ2v) is 7.86. The lowest BCUT2D eigenvalue weighted by atomic mass is 9.87. The summed E-state index contributed by atoms with van der Waals surface area (Å²) in [5.74, 6) is 0. The first-order valence-electron chi connectivity index (χ1n) is 8.84. The van der Waals surface area contributed by atoms with Crippen molar-refractivity contribution in [2.24, 2.45) is 5.73 Å². The van der Waals surface area contributed by atoms with Crippen LogP contribution in [0, 0.1) is 0 Å². The van der Waals surface area contributed by atoms with E-state index in [2.05, 4.69) is 42.4 Å². The molecule has 4 heteroatoms. The molecular formula is C17H36N4.